The average Bonchev–Trinajstić information content (AvgIpc) is 3.20. The van der Waals surface area contributed by atoms with Crippen LogP contribution in [0.3, 0.4) is 0 Å². The number of methoxy groups -OCH3 is 1. The van der Waals surface area contributed by atoms with Gasteiger partial charge in [0.1, 0.15) is 6.10 Å². The van der Waals surface area contributed by atoms with Crippen molar-refractivity contribution in [3.05, 3.63) is 88.2 Å². The van der Waals surface area contributed by atoms with Crippen LogP contribution >= 0.6 is 35.8 Å². The molecule has 1 N–H and O–H groups in total. The van der Waals surface area contributed by atoms with E-state index in [1.807, 2.05) is 66.7 Å². The van der Waals surface area contributed by atoms with Gasteiger partial charge >= 0.3 is 0 Å². The van der Waals surface area contributed by atoms with E-state index < -0.39 is 6.10 Å². The summed E-state index contributed by atoms with van der Waals surface area (Å²) < 4.78 is 7.38. The van der Waals surface area contributed by atoms with Gasteiger partial charge in [-0.15, -0.1) is 22.8 Å². The normalized spacial score (nSPS) is 12.2. The number of aliphatic hydroxyl groups is 1. The summed E-state index contributed by atoms with van der Waals surface area (Å²) in [7, 11) is 3.35. The van der Waals surface area contributed by atoms with Gasteiger partial charge in [-0.3, -0.25) is 0 Å². The quantitative estimate of drug-likeness (QED) is 0.262. The summed E-state index contributed by atoms with van der Waals surface area (Å²) in [6.07, 6.45) is -1.01. The molecule has 0 bridgehead atoms. The van der Waals surface area contributed by atoms with Gasteiger partial charge in [-0.05, 0) is 53.1 Å². The molecule has 2 aromatic heterocycles. The van der Waals surface area contributed by atoms with Crippen molar-refractivity contribution < 1.29 is 9.84 Å². The molecule has 1 unspecified atom stereocenters. The fraction of sp³-hybridized carbons (Fsp3) is 0.115. The van der Waals surface area contributed by atoms with E-state index in [4.69, 9.17) is 32.9 Å². The summed E-state index contributed by atoms with van der Waals surface area (Å²) in [4.78, 5) is 4.78. The predicted octanol–water partition coefficient (Wildman–Crippen LogP) is 6.38. The zero-order valence-electron chi connectivity index (χ0n) is 18.8. The van der Waals surface area contributed by atoms with E-state index in [2.05, 4.69) is 22.8 Å². The molecular weight excluding hydrogens is 503 g/mol. The molecule has 5 rings (SSSR count). The number of aromatic nitrogens is 4. The molecule has 0 fully saturated rings. The van der Waals surface area contributed by atoms with Gasteiger partial charge < -0.3 is 14.4 Å². The van der Waals surface area contributed by atoms with Crippen LogP contribution in [0.5, 0.6) is 5.88 Å². The van der Waals surface area contributed by atoms with Crippen molar-refractivity contribution in [2.75, 3.05) is 7.11 Å². The molecule has 0 amide bonds. The minimum Gasteiger partial charge on any atom is -0.481 e. The highest BCUT2D eigenvalue weighted by Gasteiger charge is 2.23. The molecule has 9 heteroatoms. The molecule has 0 saturated carbocycles. The SMILES string of the molecule is COc1nc2ccc(C(O)c3nnc(S)n3C)cc2c(-c2cccc(Cl)c2)c1-c1ccc(Cl)cc1. The Bertz CT molecular complexity index is 1550. The number of fused-ring (bicyclic) bond motifs is 1. The Hall–Kier alpha value is -3.10. The van der Waals surface area contributed by atoms with Gasteiger partial charge in [0, 0.05) is 28.0 Å². The van der Waals surface area contributed by atoms with Crippen LogP contribution in [0.25, 0.3) is 33.2 Å². The topological polar surface area (TPSA) is 73.1 Å². The lowest BCUT2D eigenvalue weighted by atomic mass is 9.90. The van der Waals surface area contributed by atoms with E-state index in [1.54, 1.807) is 18.7 Å². The van der Waals surface area contributed by atoms with E-state index in [0.29, 0.717) is 38.0 Å². The summed E-state index contributed by atoms with van der Waals surface area (Å²) in [6.45, 7) is 0. The van der Waals surface area contributed by atoms with E-state index in [0.717, 1.165) is 27.6 Å². The standard InChI is InChI=1S/C26H20Cl2N4O2S/c1-32-24(30-31-26(32)35)23(33)16-8-11-20-19(13-16)21(15-4-3-5-18(28)12-15)22(25(29-20)34-2)14-6-9-17(27)10-7-14/h3-13,23,33H,1-2H3,(H,31,35). The molecule has 0 aliphatic rings. The third-order valence-electron chi connectivity index (χ3n) is 5.86. The van der Waals surface area contributed by atoms with Crippen LogP contribution in [0.4, 0.5) is 0 Å². The number of rotatable bonds is 5. The van der Waals surface area contributed by atoms with Crippen LogP contribution in [0.1, 0.15) is 17.5 Å². The first-order valence-electron chi connectivity index (χ1n) is 10.7. The number of halogens is 2. The smallest absolute Gasteiger partial charge is 0.222 e. The van der Waals surface area contributed by atoms with Crippen molar-refractivity contribution in [1.29, 1.82) is 0 Å². The number of aliphatic hydroxyl groups excluding tert-OH is 1. The zero-order valence-corrected chi connectivity index (χ0v) is 21.2. The lowest BCUT2D eigenvalue weighted by Gasteiger charge is -2.19. The second kappa shape index (κ2) is 9.51. The van der Waals surface area contributed by atoms with Crippen molar-refractivity contribution in [3.8, 4) is 28.1 Å². The molecule has 176 valence electrons. The Kier molecular flexibility index (Phi) is 6.42. The van der Waals surface area contributed by atoms with Crippen LogP contribution in [-0.2, 0) is 7.05 Å². The summed E-state index contributed by atoms with van der Waals surface area (Å²) >= 11 is 16.8. The van der Waals surface area contributed by atoms with E-state index in [-0.39, 0.29) is 0 Å². The molecule has 0 radical (unpaired) electrons. The molecule has 0 aliphatic carbocycles. The van der Waals surface area contributed by atoms with Gasteiger partial charge in [0.2, 0.25) is 5.88 Å². The number of thiol groups is 1. The number of nitrogens with zero attached hydrogens (tertiary/aromatic N) is 4. The van der Waals surface area contributed by atoms with Crippen molar-refractivity contribution in [2.45, 2.75) is 11.3 Å². The van der Waals surface area contributed by atoms with Crippen LogP contribution < -0.4 is 4.74 Å². The largest absolute Gasteiger partial charge is 0.481 e. The fourth-order valence-electron chi connectivity index (χ4n) is 4.12. The first kappa shape index (κ1) is 23.6. The summed E-state index contributed by atoms with van der Waals surface area (Å²) in [5.74, 6) is 0.856. The fourth-order valence-corrected chi connectivity index (χ4v) is 4.59. The van der Waals surface area contributed by atoms with Gasteiger partial charge in [0.25, 0.3) is 0 Å². The van der Waals surface area contributed by atoms with Crippen LogP contribution in [0.2, 0.25) is 10.0 Å². The van der Waals surface area contributed by atoms with Gasteiger partial charge in [-0.25, -0.2) is 4.98 Å². The predicted molar refractivity (Wildman–Crippen MR) is 142 cm³/mol. The highest BCUT2D eigenvalue weighted by Crippen LogP contribution is 2.44. The maximum absolute atomic E-state index is 11.1. The summed E-state index contributed by atoms with van der Waals surface area (Å²) in [5, 5.41) is 21.6. The van der Waals surface area contributed by atoms with Crippen molar-refractivity contribution in [2.24, 2.45) is 7.05 Å². The third-order valence-corrected chi connectivity index (χ3v) is 6.74. The Morgan fingerprint density at radius 2 is 1.69 bits per heavy atom. The number of hydrogen-bond acceptors (Lipinski definition) is 6. The summed E-state index contributed by atoms with van der Waals surface area (Å²) in [5.41, 5.74) is 4.78. The molecule has 0 spiro atoms. The molecule has 0 aliphatic heterocycles. The number of pyridine rings is 1. The minimum absolute atomic E-state index is 0.387. The summed E-state index contributed by atoms with van der Waals surface area (Å²) in [6, 6.07) is 20.7. The second-order valence-electron chi connectivity index (χ2n) is 7.98. The molecule has 0 saturated heterocycles. The monoisotopic (exact) mass is 522 g/mol. The number of benzene rings is 3. The first-order chi connectivity index (χ1) is 16.9. The van der Waals surface area contributed by atoms with Crippen LogP contribution in [0.15, 0.2) is 71.9 Å². The molecule has 5 aromatic rings. The second-order valence-corrected chi connectivity index (χ2v) is 9.26. The minimum atomic E-state index is -1.01. The Morgan fingerprint density at radius 1 is 0.914 bits per heavy atom. The van der Waals surface area contributed by atoms with Gasteiger partial charge in [-0.2, -0.15) is 0 Å². The average molecular weight is 523 g/mol. The highest BCUT2D eigenvalue weighted by molar-refractivity contribution is 7.80. The van der Waals surface area contributed by atoms with Gasteiger partial charge in [-0.1, -0.05) is 53.5 Å². The Balaban J connectivity index is 1.83. The van der Waals surface area contributed by atoms with Crippen molar-refractivity contribution in [1.82, 2.24) is 19.7 Å². The van der Waals surface area contributed by atoms with Crippen molar-refractivity contribution >= 4 is 46.7 Å². The lowest BCUT2D eigenvalue weighted by molar-refractivity contribution is 0.205. The molecule has 35 heavy (non-hydrogen) atoms. The van der Waals surface area contributed by atoms with Gasteiger partial charge in [0.05, 0.1) is 18.2 Å². The van der Waals surface area contributed by atoms with E-state index >= 15 is 0 Å². The molecular formula is C26H20Cl2N4O2S. The molecule has 2 heterocycles. The number of ether oxygens (including phenoxy) is 1. The maximum Gasteiger partial charge on any atom is 0.222 e. The number of hydrogen-bond donors (Lipinski definition) is 2. The highest BCUT2D eigenvalue weighted by atomic mass is 35.5. The van der Waals surface area contributed by atoms with E-state index in [9.17, 15) is 5.11 Å². The maximum atomic E-state index is 11.1. The Morgan fingerprint density at radius 3 is 2.34 bits per heavy atom. The van der Waals surface area contributed by atoms with Crippen molar-refractivity contribution in [3.63, 3.8) is 0 Å². The Labute approximate surface area is 217 Å². The zero-order chi connectivity index (χ0) is 24.7. The van der Waals surface area contributed by atoms with Crippen LogP contribution in [-0.4, -0.2) is 32.0 Å². The molecule has 3 aromatic carbocycles. The molecule has 1 atom stereocenters. The van der Waals surface area contributed by atoms with Crippen LogP contribution in [0, 0.1) is 0 Å². The van der Waals surface area contributed by atoms with Gasteiger partial charge in [0.15, 0.2) is 11.0 Å². The first-order valence-corrected chi connectivity index (χ1v) is 11.9. The third kappa shape index (κ3) is 4.36. The lowest BCUT2D eigenvalue weighted by Crippen LogP contribution is -2.08. The molecule has 6 nitrogen and oxygen atoms in total. The van der Waals surface area contributed by atoms with E-state index in [1.165, 1.54) is 0 Å².